The fourth-order valence-corrected chi connectivity index (χ4v) is 3.33. The van der Waals surface area contributed by atoms with Gasteiger partial charge in [0.1, 0.15) is 17.8 Å². The van der Waals surface area contributed by atoms with Crippen LogP contribution in [0.3, 0.4) is 0 Å². The number of rotatable bonds is 7. The summed E-state index contributed by atoms with van der Waals surface area (Å²) in [4.78, 5) is 16.7. The van der Waals surface area contributed by atoms with Crippen molar-refractivity contribution in [2.75, 3.05) is 6.54 Å². The Balaban J connectivity index is 1.53. The molecule has 0 atom stereocenters. The molecular weight excluding hydrogens is 334 g/mol. The van der Waals surface area contributed by atoms with Crippen molar-refractivity contribution in [3.05, 3.63) is 64.1 Å². The maximum Gasteiger partial charge on any atom is 0.270 e. The standard InChI is InChI=1S/C18H21N5OS/c1-13(2)23-12-20-22-16(23)8-9-19-18(24)15-11-25-17(21-15)10-14-6-4-3-5-7-14/h3-7,11-13H,8-10H2,1-2H3,(H,19,24). The average molecular weight is 355 g/mol. The van der Waals surface area contributed by atoms with E-state index >= 15 is 0 Å². The number of thiazole rings is 1. The fourth-order valence-electron chi connectivity index (χ4n) is 2.52. The van der Waals surface area contributed by atoms with Gasteiger partial charge in [-0.15, -0.1) is 21.5 Å². The number of hydrogen-bond donors (Lipinski definition) is 1. The van der Waals surface area contributed by atoms with Crippen LogP contribution in [0.4, 0.5) is 0 Å². The van der Waals surface area contributed by atoms with Gasteiger partial charge in [-0.25, -0.2) is 4.98 Å². The molecule has 2 aromatic heterocycles. The van der Waals surface area contributed by atoms with Gasteiger partial charge in [-0.3, -0.25) is 4.79 Å². The third-order valence-corrected chi connectivity index (χ3v) is 4.67. The lowest BCUT2D eigenvalue weighted by molar-refractivity contribution is 0.0949. The van der Waals surface area contributed by atoms with E-state index in [1.165, 1.54) is 16.9 Å². The Morgan fingerprint density at radius 1 is 1.28 bits per heavy atom. The molecule has 1 aromatic carbocycles. The number of benzene rings is 1. The van der Waals surface area contributed by atoms with Crippen LogP contribution in [0.15, 0.2) is 42.0 Å². The van der Waals surface area contributed by atoms with E-state index in [0.29, 0.717) is 24.7 Å². The third-order valence-electron chi connectivity index (χ3n) is 3.82. The van der Waals surface area contributed by atoms with E-state index in [4.69, 9.17) is 0 Å². The Morgan fingerprint density at radius 3 is 2.84 bits per heavy atom. The molecule has 7 heteroatoms. The van der Waals surface area contributed by atoms with Crippen LogP contribution in [0.2, 0.25) is 0 Å². The summed E-state index contributed by atoms with van der Waals surface area (Å²) in [7, 11) is 0. The number of aromatic nitrogens is 4. The molecule has 0 spiro atoms. The minimum atomic E-state index is -0.147. The normalized spacial score (nSPS) is 11.0. The first-order valence-electron chi connectivity index (χ1n) is 8.28. The van der Waals surface area contributed by atoms with Crippen LogP contribution < -0.4 is 5.32 Å². The van der Waals surface area contributed by atoms with E-state index in [0.717, 1.165) is 17.3 Å². The molecule has 0 saturated heterocycles. The highest BCUT2D eigenvalue weighted by Crippen LogP contribution is 2.14. The maximum absolute atomic E-state index is 12.2. The predicted octanol–water partition coefficient (Wildman–Crippen LogP) is 2.88. The van der Waals surface area contributed by atoms with Crippen molar-refractivity contribution in [2.24, 2.45) is 0 Å². The molecule has 130 valence electrons. The van der Waals surface area contributed by atoms with Gasteiger partial charge >= 0.3 is 0 Å². The maximum atomic E-state index is 12.2. The number of nitrogens with zero attached hydrogens (tertiary/aromatic N) is 4. The Hall–Kier alpha value is -2.54. The second kappa shape index (κ2) is 8.02. The zero-order valence-electron chi connectivity index (χ0n) is 14.3. The lowest BCUT2D eigenvalue weighted by Gasteiger charge is -2.09. The molecule has 0 unspecified atom stereocenters. The number of carbonyl (C=O) groups excluding carboxylic acids is 1. The largest absolute Gasteiger partial charge is 0.350 e. The third kappa shape index (κ3) is 4.51. The van der Waals surface area contributed by atoms with Gasteiger partial charge in [0.05, 0.1) is 5.01 Å². The highest BCUT2D eigenvalue weighted by atomic mass is 32.1. The molecule has 0 fully saturated rings. The summed E-state index contributed by atoms with van der Waals surface area (Å²) in [5.74, 6) is 0.726. The van der Waals surface area contributed by atoms with Crippen LogP contribution >= 0.6 is 11.3 Å². The summed E-state index contributed by atoms with van der Waals surface area (Å²) in [5.41, 5.74) is 1.66. The van der Waals surface area contributed by atoms with Gasteiger partial charge in [-0.2, -0.15) is 0 Å². The summed E-state index contributed by atoms with van der Waals surface area (Å²) in [6, 6.07) is 10.4. The van der Waals surface area contributed by atoms with Crippen LogP contribution in [-0.2, 0) is 12.8 Å². The molecular formula is C18H21N5OS. The summed E-state index contributed by atoms with van der Waals surface area (Å²) in [5, 5.41) is 13.7. The van der Waals surface area contributed by atoms with Gasteiger partial charge in [0.15, 0.2) is 0 Å². The van der Waals surface area contributed by atoms with Gasteiger partial charge in [-0.1, -0.05) is 30.3 Å². The minimum Gasteiger partial charge on any atom is -0.350 e. The van der Waals surface area contributed by atoms with E-state index in [1.807, 2.05) is 28.1 Å². The molecule has 2 heterocycles. The van der Waals surface area contributed by atoms with E-state index < -0.39 is 0 Å². The lowest BCUT2D eigenvalue weighted by Crippen LogP contribution is -2.27. The van der Waals surface area contributed by atoms with Crippen LogP contribution in [0, 0.1) is 0 Å². The van der Waals surface area contributed by atoms with Crippen LogP contribution in [0.5, 0.6) is 0 Å². The van der Waals surface area contributed by atoms with Crippen molar-refractivity contribution in [3.63, 3.8) is 0 Å². The highest BCUT2D eigenvalue weighted by molar-refractivity contribution is 7.09. The number of carbonyl (C=O) groups is 1. The first-order valence-corrected chi connectivity index (χ1v) is 9.16. The Bertz CT molecular complexity index is 825. The van der Waals surface area contributed by atoms with Gasteiger partial charge in [0.25, 0.3) is 5.91 Å². The van der Waals surface area contributed by atoms with E-state index in [9.17, 15) is 4.79 Å². The first-order chi connectivity index (χ1) is 12.1. The predicted molar refractivity (Wildman–Crippen MR) is 97.8 cm³/mol. The second-order valence-corrected chi connectivity index (χ2v) is 6.99. The van der Waals surface area contributed by atoms with Gasteiger partial charge in [0.2, 0.25) is 0 Å². The van der Waals surface area contributed by atoms with Crippen LogP contribution in [0.1, 0.15) is 46.8 Å². The van der Waals surface area contributed by atoms with Crippen molar-refractivity contribution in [3.8, 4) is 0 Å². The molecule has 1 amide bonds. The average Bonchev–Trinajstić information content (AvgIpc) is 3.25. The summed E-state index contributed by atoms with van der Waals surface area (Å²) in [6.45, 7) is 4.67. The second-order valence-electron chi connectivity index (χ2n) is 6.04. The fraction of sp³-hybridized carbons (Fsp3) is 0.333. The smallest absolute Gasteiger partial charge is 0.270 e. The van der Waals surface area contributed by atoms with Crippen molar-refractivity contribution in [1.29, 1.82) is 0 Å². The SMILES string of the molecule is CC(C)n1cnnc1CCNC(=O)c1csc(Cc2ccccc2)n1. The van der Waals surface area contributed by atoms with Crippen molar-refractivity contribution in [1.82, 2.24) is 25.1 Å². The summed E-state index contributed by atoms with van der Waals surface area (Å²) in [6.07, 6.45) is 3.11. The number of hydrogen-bond acceptors (Lipinski definition) is 5. The zero-order chi connectivity index (χ0) is 17.6. The molecule has 3 rings (SSSR count). The van der Waals surface area contributed by atoms with Crippen molar-refractivity contribution < 1.29 is 4.79 Å². The van der Waals surface area contributed by atoms with E-state index in [-0.39, 0.29) is 5.91 Å². The van der Waals surface area contributed by atoms with E-state index in [2.05, 4.69) is 46.5 Å². The van der Waals surface area contributed by atoms with Crippen LogP contribution in [0.25, 0.3) is 0 Å². The molecule has 25 heavy (non-hydrogen) atoms. The highest BCUT2D eigenvalue weighted by Gasteiger charge is 2.12. The molecule has 0 aliphatic heterocycles. The Labute approximate surface area is 150 Å². The molecule has 3 aromatic rings. The quantitative estimate of drug-likeness (QED) is 0.707. The molecule has 0 aliphatic carbocycles. The first kappa shape index (κ1) is 17.3. The Morgan fingerprint density at radius 2 is 2.08 bits per heavy atom. The summed E-state index contributed by atoms with van der Waals surface area (Å²) < 4.78 is 2.01. The van der Waals surface area contributed by atoms with Crippen LogP contribution in [-0.4, -0.2) is 32.2 Å². The molecule has 0 saturated carbocycles. The molecule has 0 bridgehead atoms. The monoisotopic (exact) mass is 355 g/mol. The topological polar surface area (TPSA) is 72.7 Å². The Kier molecular flexibility index (Phi) is 5.55. The zero-order valence-corrected chi connectivity index (χ0v) is 15.2. The van der Waals surface area contributed by atoms with Gasteiger partial charge in [-0.05, 0) is 19.4 Å². The van der Waals surface area contributed by atoms with Gasteiger partial charge in [0, 0.05) is 30.8 Å². The number of amides is 1. The summed E-state index contributed by atoms with van der Waals surface area (Å²) >= 11 is 1.51. The number of nitrogens with one attached hydrogen (secondary N) is 1. The molecule has 1 N–H and O–H groups in total. The minimum absolute atomic E-state index is 0.147. The molecule has 0 aliphatic rings. The molecule has 6 nitrogen and oxygen atoms in total. The van der Waals surface area contributed by atoms with Crippen molar-refractivity contribution >= 4 is 17.2 Å². The molecule has 0 radical (unpaired) electrons. The van der Waals surface area contributed by atoms with Gasteiger partial charge < -0.3 is 9.88 Å². The van der Waals surface area contributed by atoms with Crippen molar-refractivity contribution in [2.45, 2.75) is 32.7 Å². The lowest BCUT2D eigenvalue weighted by atomic mass is 10.2. The van der Waals surface area contributed by atoms with E-state index in [1.54, 1.807) is 6.33 Å².